The van der Waals surface area contributed by atoms with Crippen molar-refractivity contribution in [2.75, 3.05) is 11.5 Å². The summed E-state index contributed by atoms with van der Waals surface area (Å²) < 4.78 is -0.172. The summed E-state index contributed by atoms with van der Waals surface area (Å²) in [7, 11) is 0. The van der Waals surface area contributed by atoms with Gasteiger partial charge in [-0.05, 0) is 37.8 Å². The van der Waals surface area contributed by atoms with Crippen molar-refractivity contribution in [1.29, 1.82) is 0 Å². The van der Waals surface area contributed by atoms with Crippen LogP contribution in [0.15, 0.2) is 24.5 Å². The molecule has 0 amide bonds. The molecule has 1 fully saturated rings. The first-order valence-electron chi connectivity index (χ1n) is 5.47. The normalized spacial score (nSPS) is 23.7. The Morgan fingerprint density at radius 2 is 2.12 bits per heavy atom. The Kier molecular flexibility index (Phi) is 3.52. The number of hydrogen-bond donors (Lipinski definition) is 1. The Hall–Kier alpha value is -0.190. The highest BCUT2D eigenvalue weighted by Gasteiger charge is 2.46. The Morgan fingerprint density at radius 3 is 2.69 bits per heavy atom. The highest BCUT2D eigenvalue weighted by atomic mass is 32.2. The second-order valence-corrected chi connectivity index (χ2v) is 7.60. The number of pyridine rings is 1. The third kappa shape index (κ3) is 2.11. The number of nitrogens with zero attached hydrogens (tertiary/aromatic N) is 1. The van der Waals surface area contributed by atoms with Gasteiger partial charge in [0.15, 0.2) is 0 Å². The Morgan fingerprint density at radius 1 is 1.44 bits per heavy atom. The van der Waals surface area contributed by atoms with Gasteiger partial charge in [-0.1, -0.05) is 6.07 Å². The van der Waals surface area contributed by atoms with Gasteiger partial charge in [0, 0.05) is 18.0 Å². The fourth-order valence-corrected chi connectivity index (χ4v) is 5.00. The van der Waals surface area contributed by atoms with Gasteiger partial charge in [0.05, 0.1) is 4.08 Å². The number of thioether (sulfide) groups is 2. The van der Waals surface area contributed by atoms with Crippen molar-refractivity contribution in [3.63, 3.8) is 0 Å². The van der Waals surface area contributed by atoms with Crippen LogP contribution in [0.2, 0.25) is 0 Å². The molecule has 4 heteroatoms. The van der Waals surface area contributed by atoms with Crippen LogP contribution < -0.4 is 0 Å². The number of aromatic nitrogens is 1. The van der Waals surface area contributed by atoms with Crippen molar-refractivity contribution in [2.24, 2.45) is 0 Å². The molecule has 0 bridgehead atoms. The van der Waals surface area contributed by atoms with Crippen LogP contribution >= 0.6 is 23.5 Å². The Balaban J connectivity index is 2.30. The first-order chi connectivity index (χ1) is 7.56. The molecule has 2 rings (SSSR count). The van der Waals surface area contributed by atoms with E-state index in [1.165, 1.54) is 6.42 Å². The molecular formula is C12H17NOS2. The van der Waals surface area contributed by atoms with Crippen molar-refractivity contribution >= 4 is 23.5 Å². The third-order valence-electron chi connectivity index (χ3n) is 3.15. The second-order valence-electron chi connectivity index (χ2n) is 4.31. The zero-order chi connectivity index (χ0) is 11.6. The maximum Gasteiger partial charge on any atom is 0.112 e. The molecular weight excluding hydrogens is 238 g/mol. The number of aliphatic hydroxyl groups is 1. The average Bonchev–Trinajstić information content (AvgIpc) is 2.31. The van der Waals surface area contributed by atoms with Gasteiger partial charge in [0.2, 0.25) is 0 Å². The molecule has 1 aromatic rings. The predicted octanol–water partition coefficient (Wildman–Crippen LogP) is 2.88. The molecule has 2 heterocycles. The van der Waals surface area contributed by atoms with E-state index in [9.17, 15) is 5.11 Å². The minimum absolute atomic E-state index is 0.172. The van der Waals surface area contributed by atoms with Gasteiger partial charge in [0.25, 0.3) is 0 Å². The van der Waals surface area contributed by atoms with Crippen LogP contribution in [-0.2, 0) is 5.60 Å². The van der Waals surface area contributed by atoms with Crippen LogP contribution in [0.5, 0.6) is 0 Å². The lowest BCUT2D eigenvalue weighted by Crippen LogP contribution is -2.44. The molecule has 1 N–H and O–H groups in total. The summed E-state index contributed by atoms with van der Waals surface area (Å²) in [5.41, 5.74) is 0.0659. The zero-order valence-corrected chi connectivity index (χ0v) is 11.3. The first kappa shape index (κ1) is 12.3. The summed E-state index contributed by atoms with van der Waals surface area (Å²) in [6.07, 6.45) is 4.73. The van der Waals surface area contributed by atoms with Crippen LogP contribution in [0.1, 0.15) is 25.8 Å². The molecule has 88 valence electrons. The lowest BCUT2D eigenvalue weighted by atomic mass is 9.94. The molecule has 0 spiro atoms. The summed E-state index contributed by atoms with van der Waals surface area (Å²) in [6, 6.07) is 3.83. The molecule has 1 aliphatic heterocycles. The molecule has 1 atom stereocenters. The topological polar surface area (TPSA) is 33.1 Å². The van der Waals surface area contributed by atoms with Crippen LogP contribution in [0.25, 0.3) is 0 Å². The van der Waals surface area contributed by atoms with E-state index < -0.39 is 5.60 Å². The third-order valence-corrected chi connectivity index (χ3v) is 6.74. The van der Waals surface area contributed by atoms with E-state index >= 15 is 0 Å². The van der Waals surface area contributed by atoms with Gasteiger partial charge in [-0.2, -0.15) is 0 Å². The fourth-order valence-electron chi connectivity index (χ4n) is 1.83. The summed E-state index contributed by atoms with van der Waals surface area (Å²) >= 11 is 3.70. The van der Waals surface area contributed by atoms with Crippen LogP contribution in [0.4, 0.5) is 0 Å². The van der Waals surface area contributed by atoms with E-state index in [1.54, 1.807) is 12.4 Å². The van der Waals surface area contributed by atoms with Crippen molar-refractivity contribution in [1.82, 2.24) is 4.98 Å². The maximum atomic E-state index is 10.8. The quantitative estimate of drug-likeness (QED) is 0.881. The molecule has 2 nitrogen and oxygen atoms in total. The van der Waals surface area contributed by atoms with Crippen molar-refractivity contribution in [2.45, 2.75) is 29.9 Å². The van der Waals surface area contributed by atoms with Gasteiger partial charge >= 0.3 is 0 Å². The van der Waals surface area contributed by atoms with E-state index in [0.29, 0.717) is 0 Å². The lowest BCUT2D eigenvalue weighted by Gasteiger charge is -2.44. The van der Waals surface area contributed by atoms with Crippen molar-refractivity contribution in [3.8, 4) is 0 Å². The van der Waals surface area contributed by atoms with E-state index in [1.807, 2.05) is 42.6 Å². The lowest BCUT2D eigenvalue weighted by molar-refractivity contribution is 0.0484. The molecule has 1 aliphatic rings. The number of hydrogen-bond acceptors (Lipinski definition) is 4. The van der Waals surface area contributed by atoms with E-state index in [4.69, 9.17) is 0 Å². The van der Waals surface area contributed by atoms with Gasteiger partial charge in [-0.25, -0.2) is 0 Å². The molecule has 1 saturated heterocycles. The fraction of sp³-hybridized carbons (Fsp3) is 0.583. The SMILES string of the molecule is CC1(C(C)(O)c2cccnc2)SCCCS1. The maximum absolute atomic E-state index is 10.8. The molecule has 0 radical (unpaired) electrons. The smallest absolute Gasteiger partial charge is 0.112 e. The molecule has 1 aromatic heterocycles. The summed E-state index contributed by atoms with van der Waals surface area (Å²) in [6.45, 7) is 4.03. The molecule has 0 aromatic carbocycles. The van der Waals surface area contributed by atoms with Crippen molar-refractivity contribution in [3.05, 3.63) is 30.1 Å². The van der Waals surface area contributed by atoms with Gasteiger partial charge in [-0.15, -0.1) is 23.5 Å². The van der Waals surface area contributed by atoms with E-state index in [0.717, 1.165) is 17.1 Å². The molecule has 16 heavy (non-hydrogen) atoms. The minimum Gasteiger partial charge on any atom is -0.383 e. The molecule has 1 unspecified atom stereocenters. The first-order valence-corrected chi connectivity index (χ1v) is 7.44. The number of rotatable bonds is 2. The Bertz CT molecular complexity index is 347. The summed E-state index contributed by atoms with van der Waals surface area (Å²) in [5.74, 6) is 2.25. The minimum atomic E-state index is -0.836. The van der Waals surface area contributed by atoms with Crippen LogP contribution in [0.3, 0.4) is 0 Å². The zero-order valence-electron chi connectivity index (χ0n) is 9.64. The van der Waals surface area contributed by atoms with Gasteiger partial charge < -0.3 is 5.11 Å². The van der Waals surface area contributed by atoms with Crippen molar-refractivity contribution < 1.29 is 5.11 Å². The second kappa shape index (κ2) is 4.59. The van der Waals surface area contributed by atoms with Gasteiger partial charge in [-0.3, -0.25) is 4.98 Å². The van der Waals surface area contributed by atoms with Crippen LogP contribution in [0, 0.1) is 0 Å². The summed E-state index contributed by atoms with van der Waals surface area (Å²) in [5, 5.41) is 10.8. The Labute approximate surface area is 105 Å². The van der Waals surface area contributed by atoms with E-state index in [2.05, 4.69) is 11.9 Å². The summed E-state index contributed by atoms with van der Waals surface area (Å²) in [4.78, 5) is 4.10. The largest absolute Gasteiger partial charge is 0.383 e. The highest BCUT2D eigenvalue weighted by Crippen LogP contribution is 2.52. The average molecular weight is 255 g/mol. The predicted molar refractivity (Wildman–Crippen MR) is 71.7 cm³/mol. The van der Waals surface area contributed by atoms with Gasteiger partial charge in [0.1, 0.15) is 5.60 Å². The highest BCUT2D eigenvalue weighted by molar-refractivity contribution is 8.18. The molecule has 0 saturated carbocycles. The van der Waals surface area contributed by atoms with Crippen LogP contribution in [-0.4, -0.2) is 25.7 Å². The monoisotopic (exact) mass is 255 g/mol. The molecule has 0 aliphatic carbocycles. The standard InChI is InChI=1S/C12H17NOS2/c1-11(14,10-5-3-6-13-9-10)12(2)15-7-4-8-16-12/h3,5-6,9,14H,4,7-8H2,1-2H3. The van der Waals surface area contributed by atoms with E-state index in [-0.39, 0.29) is 4.08 Å².